The van der Waals surface area contributed by atoms with E-state index in [0.717, 1.165) is 31.4 Å². The SMILES string of the molecule is COC(=O)c1cc(OC)c(OC)cc1NS(=O)(=O)c1ccc(Br)cc1OC(F)(F)F. The summed E-state index contributed by atoms with van der Waals surface area (Å²) < 4.78 is 84.7. The second-order valence-corrected chi connectivity index (χ2v) is 8.06. The van der Waals surface area contributed by atoms with Gasteiger partial charge in [0.25, 0.3) is 10.0 Å². The highest BCUT2D eigenvalue weighted by Gasteiger charge is 2.34. The molecule has 0 aliphatic rings. The van der Waals surface area contributed by atoms with Crippen LogP contribution in [-0.4, -0.2) is 42.1 Å². The molecule has 2 aromatic rings. The second-order valence-electron chi connectivity index (χ2n) is 5.49. The van der Waals surface area contributed by atoms with Gasteiger partial charge in [-0.05, 0) is 18.2 Å². The third kappa shape index (κ3) is 5.48. The Labute approximate surface area is 178 Å². The van der Waals surface area contributed by atoms with Gasteiger partial charge in [0.15, 0.2) is 17.2 Å². The molecule has 0 radical (unpaired) electrons. The van der Waals surface area contributed by atoms with Crippen LogP contribution in [-0.2, 0) is 14.8 Å². The van der Waals surface area contributed by atoms with E-state index in [4.69, 9.17) is 9.47 Å². The molecule has 0 amide bonds. The molecule has 0 saturated heterocycles. The minimum absolute atomic E-state index is 0.0606. The number of esters is 1. The summed E-state index contributed by atoms with van der Waals surface area (Å²) in [5.74, 6) is -1.73. The predicted molar refractivity (Wildman–Crippen MR) is 103 cm³/mol. The zero-order valence-electron chi connectivity index (χ0n) is 15.7. The quantitative estimate of drug-likeness (QED) is 0.559. The zero-order chi connectivity index (χ0) is 22.7. The highest BCUT2D eigenvalue weighted by atomic mass is 79.9. The monoisotopic (exact) mass is 513 g/mol. The lowest BCUT2D eigenvalue weighted by atomic mass is 10.1. The molecular formula is C17H15BrF3NO7S. The fourth-order valence-corrected chi connectivity index (χ4v) is 3.87. The molecule has 0 aliphatic carbocycles. The van der Waals surface area contributed by atoms with E-state index in [9.17, 15) is 26.4 Å². The Bertz CT molecular complexity index is 1060. The van der Waals surface area contributed by atoms with Crippen molar-refractivity contribution in [2.75, 3.05) is 26.1 Å². The standard InChI is InChI=1S/C17H15BrF3NO7S/c1-26-12-7-10(16(23)28-3)11(8-13(12)27-2)22-30(24,25)15-5-4-9(18)6-14(15)29-17(19,20)21/h4-8,22H,1-3H3. The Balaban J connectivity index is 2.61. The minimum Gasteiger partial charge on any atom is -0.493 e. The number of hydrogen-bond acceptors (Lipinski definition) is 7. The van der Waals surface area contributed by atoms with E-state index < -0.39 is 33.0 Å². The van der Waals surface area contributed by atoms with Crippen molar-refractivity contribution in [3.8, 4) is 17.2 Å². The van der Waals surface area contributed by atoms with Crippen molar-refractivity contribution in [1.82, 2.24) is 0 Å². The Morgan fingerprint density at radius 2 is 1.60 bits per heavy atom. The summed E-state index contributed by atoms with van der Waals surface area (Å²) in [7, 11) is -0.998. The van der Waals surface area contributed by atoms with Crippen molar-refractivity contribution in [2.24, 2.45) is 0 Å². The maximum absolute atomic E-state index is 12.8. The first kappa shape index (κ1) is 23.6. The highest BCUT2D eigenvalue weighted by molar-refractivity contribution is 9.10. The van der Waals surface area contributed by atoms with Crippen LogP contribution in [0.5, 0.6) is 17.2 Å². The fourth-order valence-electron chi connectivity index (χ4n) is 2.35. The van der Waals surface area contributed by atoms with Crippen LogP contribution in [0.2, 0.25) is 0 Å². The largest absolute Gasteiger partial charge is 0.573 e. The van der Waals surface area contributed by atoms with Gasteiger partial charge in [-0.1, -0.05) is 15.9 Å². The summed E-state index contributed by atoms with van der Waals surface area (Å²) in [6.45, 7) is 0. The molecule has 2 rings (SSSR count). The van der Waals surface area contributed by atoms with Crippen LogP contribution in [0.3, 0.4) is 0 Å². The molecule has 164 valence electrons. The molecule has 0 spiro atoms. The number of benzene rings is 2. The highest BCUT2D eigenvalue weighted by Crippen LogP contribution is 2.37. The van der Waals surface area contributed by atoms with Gasteiger partial charge in [0, 0.05) is 16.6 Å². The van der Waals surface area contributed by atoms with E-state index in [1.54, 1.807) is 0 Å². The number of carbonyl (C=O) groups is 1. The van der Waals surface area contributed by atoms with Crippen LogP contribution in [0.1, 0.15) is 10.4 Å². The number of hydrogen-bond donors (Lipinski definition) is 1. The Kier molecular flexibility index (Phi) is 7.08. The number of sulfonamides is 1. The van der Waals surface area contributed by atoms with Crippen LogP contribution >= 0.6 is 15.9 Å². The lowest BCUT2D eigenvalue weighted by Crippen LogP contribution is -2.21. The molecule has 13 heteroatoms. The van der Waals surface area contributed by atoms with Crippen LogP contribution in [0, 0.1) is 0 Å². The average molecular weight is 514 g/mol. The van der Waals surface area contributed by atoms with E-state index in [-0.39, 0.29) is 27.2 Å². The Hall–Kier alpha value is -2.67. The number of nitrogens with one attached hydrogen (secondary N) is 1. The summed E-state index contributed by atoms with van der Waals surface area (Å²) in [5, 5.41) is 0. The normalized spacial score (nSPS) is 11.6. The Morgan fingerprint density at radius 3 is 2.13 bits per heavy atom. The van der Waals surface area contributed by atoms with Crippen LogP contribution in [0.4, 0.5) is 18.9 Å². The molecule has 0 unspecified atom stereocenters. The smallest absolute Gasteiger partial charge is 0.493 e. The van der Waals surface area contributed by atoms with Crippen molar-refractivity contribution in [3.05, 3.63) is 40.4 Å². The van der Waals surface area contributed by atoms with E-state index in [2.05, 4.69) is 30.1 Å². The molecule has 8 nitrogen and oxygen atoms in total. The second kappa shape index (κ2) is 9.00. The summed E-state index contributed by atoms with van der Waals surface area (Å²) in [5.41, 5.74) is -0.561. The lowest BCUT2D eigenvalue weighted by molar-refractivity contribution is -0.275. The van der Waals surface area contributed by atoms with Gasteiger partial charge in [-0.3, -0.25) is 4.72 Å². The molecule has 0 heterocycles. The molecule has 30 heavy (non-hydrogen) atoms. The minimum atomic E-state index is -5.13. The molecule has 1 N–H and O–H groups in total. The molecule has 0 bridgehead atoms. The van der Waals surface area contributed by atoms with E-state index in [1.165, 1.54) is 20.3 Å². The number of methoxy groups -OCH3 is 3. The first-order chi connectivity index (χ1) is 13.9. The van der Waals surface area contributed by atoms with Crippen LogP contribution in [0.25, 0.3) is 0 Å². The molecule has 0 saturated carbocycles. The summed E-state index contributed by atoms with van der Waals surface area (Å²) in [6, 6.07) is 5.26. The van der Waals surface area contributed by atoms with Gasteiger partial charge in [-0.25, -0.2) is 13.2 Å². The molecule has 0 aromatic heterocycles. The van der Waals surface area contributed by atoms with Gasteiger partial charge in [-0.2, -0.15) is 0 Å². The maximum atomic E-state index is 12.8. The molecule has 0 fully saturated rings. The van der Waals surface area contributed by atoms with Gasteiger partial charge >= 0.3 is 12.3 Å². The molecular weight excluding hydrogens is 499 g/mol. The number of ether oxygens (including phenoxy) is 4. The number of halogens is 4. The maximum Gasteiger partial charge on any atom is 0.573 e. The van der Waals surface area contributed by atoms with Crippen molar-refractivity contribution in [3.63, 3.8) is 0 Å². The van der Waals surface area contributed by atoms with E-state index >= 15 is 0 Å². The number of anilines is 1. The zero-order valence-corrected chi connectivity index (χ0v) is 18.1. The molecule has 0 atom stereocenters. The topological polar surface area (TPSA) is 100 Å². The third-order valence-electron chi connectivity index (χ3n) is 3.59. The first-order valence-corrected chi connectivity index (χ1v) is 10.1. The van der Waals surface area contributed by atoms with Gasteiger partial charge < -0.3 is 18.9 Å². The van der Waals surface area contributed by atoms with Gasteiger partial charge in [-0.15, -0.1) is 13.2 Å². The van der Waals surface area contributed by atoms with Crippen LogP contribution < -0.4 is 18.9 Å². The van der Waals surface area contributed by atoms with Crippen molar-refractivity contribution in [2.45, 2.75) is 11.3 Å². The number of alkyl halides is 3. The average Bonchev–Trinajstić information content (AvgIpc) is 2.65. The Morgan fingerprint density at radius 1 is 1.00 bits per heavy atom. The fraction of sp³-hybridized carbons (Fsp3) is 0.235. The van der Waals surface area contributed by atoms with E-state index in [0.29, 0.717) is 0 Å². The van der Waals surface area contributed by atoms with E-state index in [1.807, 2.05) is 0 Å². The van der Waals surface area contributed by atoms with Gasteiger partial charge in [0.2, 0.25) is 0 Å². The molecule has 2 aromatic carbocycles. The number of rotatable bonds is 7. The molecule has 0 aliphatic heterocycles. The van der Waals surface area contributed by atoms with Crippen molar-refractivity contribution in [1.29, 1.82) is 0 Å². The summed E-state index contributed by atoms with van der Waals surface area (Å²) >= 11 is 2.96. The van der Waals surface area contributed by atoms with Crippen LogP contribution in [0.15, 0.2) is 39.7 Å². The summed E-state index contributed by atoms with van der Waals surface area (Å²) in [6.07, 6.45) is -5.13. The third-order valence-corrected chi connectivity index (χ3v) is 5.49. The van der Waals surface area contributed by atoms with Gasteiger partial charge in [0.05, 0.1) is 32.6 Å². The van der Waals surface area contributed by atoms with Gasteiger partial charge in [0.1, 0.15) is 4.90 Å². The number of carbonyl (C=O) groups excluding carboxylic acids is 1. The lowest BCUT2D eigenvalue weighted by Gasteiger charge is -2.17. The first-order valence-electron chi connectivity index (χ1n) is 7.84. The van der Waals surface area contributed by atoms with Crippen molar-refractivity contribution < 1.29 is 45.3 Å². The summed E-state index contributed by atoms with van der Waals surface area (Å²) in [4.78, 5) is 11.3. The predicted octanol–water partition coefficient (Wildman–Crippen LogP) is 3.95. The van der Waals surface area contributed by atoms with Crippen molar-refractivity contribution >= 4 is 37.6 Å².